The molecule has 0 aromatic carbocycles. The van der Waals surface area contributed by atoms with Crippen LogP contribution in [0.1, 0.15) is 5.71 Å². The Kier molecular flexibility index (Phi) is 20.5. The van der Waals surface area contributed by atoms with Crippen molar-refractivity contribution in [3.8, 4) is 0 Å². The Morgan fingerprint density at radius 1 is 0.917 bits per heavy atom. The molecule has 72 valence electrons. The summed E-state index contributed by atoms with van der Waals surface area (Å²) in [6, 6.07) is 0. The van der Waals surface area contributed by atoms with Crippen LogP contribution in [-0.4, -0.2) is 118 Å². The maximum absolute atomic E-state index is 8.88. The van der Waals surface area contributed by atoms with Crippen molar-refractivity contribution < 1.29 is 44.1 Å². The normalized spacial score (nSPS) is 9.92. The van der Waals surface area contributed by atoms with Gasteiger partial charge >= 0.3 is 92.3 Å². The van der Waals surface area contributed by atoms with Crippen LogP contribution in [0.4, 0.5) is 0 Å². The summed E-state index contributed by atoms with van der Waals surface area (Å²) in [5, 5.41) is 0. The van der Waals surface area contributed by atoms with Gasteiger partial charge in [-0.25, -0.2) is 4.57 Å². The van der Waals surface area contributed by atoms with Crippen LogP contribution in [0, 0.1) is 0 Å². The smallest absolute Gasteiger partial charge is 1.00 e. The Morgan fingerprint density at radius 3 is 0.917 bits per heavy atom. The first-order valence-corrected chi connectivity index (χ1v) is 5.03. The van der Waals surface area contributed by atoms with Gasteiger partial charge < -0.3 is 39.6 Å². The third kappa shape index (κ3) is 240. The molecule has 7 N–H and O–H groups in total. The van der Waals surface area contributed by atoms with E-state index in [1.807, 2.05) is 0 Å². The molecule has 0 aliphatic rings. The summed E-state index contributed by atoms with van der Waals surface area (Å²) in [6.07, 6.45) is 0. The fourth-order valence-electron chi connectivity index (χ4n) is 0. The van der Waals surface area contributed by atoms with Crippen LogP contribution >= 0.6 is 7.82 Å². The Bertz CT molecular complexity index is 122. The Labute approximate surface area is 135 Å². The van der Waals surface area contributed by atoms with Crippen molar-refractivity contribution in [2.24, 2.45) is 0 Å². The predicted octanol–water partition coefficient (Wildman–Crippen LogP) is -3.85. The summed E-state index contributed by atoms with van der Waals surface area (Å²) in [5.41, 5.74) is 0. The van der Waals surface area contributed by atoms with E-state index in [-0.39, 0.29) is 81.2 Å². The van der Waals surface area contributed by atoms with Crippen molar-refractivity contribution in [1.29, 1.82) is 0 Å². The molecule has 0 atom stereocenters. The van der Waals surface area contributed by atoms with Gasteiger partial charge in [-0.3, -0.25) is 0 Å². The molecule has 12 heteroatoms. The third-order valence-corrected chi connectivity index (χ3v) is 0. The first kappa shape index (κ1) is 24.1. The molecule has 0 bridgehead atoms. The molecule has 0 aliphatic heterocycles. The second-order valence-electron chi connectivity index (χ2n) is 1.11. The molecule has 0 heterocycles. The zero-order valence-electron chi connectivity index (χ0n) is 9.90. The van der Waals surface area contributed by atoms with E-state index in [9.17, 15) is 0 Å². The van der Waals surface area contributed by atoms with Crippen molar-refractivity contribution in [2.45, 2.75) is 0 Å². The molecule has 0 aromatic rings. The summed E-state index contributed by atoms with van der Waals surface area (Å²) in [7, 11) is -9.25. The van der Waals surface area contributed by atoms with Crippen molar-refractivity contribution >= 4 is 92.3 Å². The summed E-state index contributed by atoms with van der Waals surface area (Å²) >= 11 is 0. The average Bonchev–Trinajstić information content (AvgIpc) is 1.12. The SMILES string of the molecule is O=P(O)(O)O.O[Si](O)(O)O.[Ca+2].[Ca+2].[H-].[H-].[H-].[H-]. The van der Waals surface area contributed by atoms with Crippen molar-refractivity contribution in [3.63, 3.8) is 0 Å². The van der Waals surface area contributed by atoms with Crippen LogP contribution in [0.25, 0.3) is 0 Å². The molecule has 0 amide bonds. The van der Waals surface area contributed by atoms with E-state index in [4.69, 9.17) is 38.4 Å². The number of phosphoric acid groups is 1. The first-order valence-electron chi connectivity index (χ1n) is 1.68. The first-order chi connectivity index (χ1) is 4.00. The molecule has 0 saturated carbocycles. The second kappa shape index (κ2) is 10.2. The van der Waals surface area contributed by atoms with Crippen LogP contribution < -0.4 is 0 Å². The molecule has 12 heavy (non-hydrogen) atoms. The molecule has 0 radical (unpaired) electrons. The quantitative estimate of drug-likeness (QED) is 0.175. The molecule has 0 unspecified atom stereocenters. The molecule has 0 saturated heterocycles. The van der Waals surface area contributed by atoms with E-state index in [0.29, 0.717) is 0 Å². The van der Waals surface area contributed by atoms with Crippen molar-refractivity contribution in [2.75, 3.05) is 0 Å². The van der Waals surface area contributed by atoms with Crippen molar-refractivity contribution in [3.05, 3.63) is 0 Å². The van der Waals surface area contributed by atoms with Gasteiger partial charge in [-0.1, -0.05) is 0 Å². The van der Waals surface area contributed by atoms with Gasteiger partial charge in [0.25, 0.3) is 0 Å². The van der Waals surface area contributed by atoms with Gasteiger partial charge in [0.15, 0.2) is 0 Å². The Balaban J connectivity index is -0.00000000970. The van der Waals surface area contributed by atoms with Gasteiger partial charge in [-0.2, -0.15) is 0 Å². The fraction of sp³-hybridized carbons (Fsp3) is 0. The van der Waals surface area contributed by atoms with Crippen LogP contribution in [0.15, 0.2) is 0 Å². The zero-order chi connectivity index (χ0) is 9.00. The molecule has 0 aromatic heterocycles. The molecule has 0 fully saturated rings. The zero-order valence-corrected chi connectivity index (χ0v) is 12.2. The fourth-order valence-corrected chi connectivity index (χ4v) is 0. The van der Waals surface area contributed by atoms with Gasteiger partial charge in [-0.15, -0.1) is 0 Å². The standard InChI is InChI=1S/2Ca.H3O4P.H4O4Si.4H/c;;2*1-5(2,3)4;;;;/h;;(H3,1,2,3,4);1-4H;;;;/q2*+2;;;4*-1. The van der Waals surface area contributed by atoms with Crippen LogP contribution in [0.2, 0.25) is 0 Å². The molecule has 0 spiro atoms. The van der Waals surface area contributed by atoms with Crippen LogP contribution in [0.3, 0.4) is 0 Å². The summed E-state index contributed by atoms with van der Waals surface area (Å²) in [5.74, 6) is 0. The minimum absolute atomic E-state index is 0. The largest absolute Gasteiger partial charge is 2.00 e. The topological polar surface area (TPSA) is 159 Å². The molecule has 0 rings (SSSR count). The molecular formula is H11Ca2O8PSi. The number of hydrogen-bond acceptors (Lipinski definition) is 5. The van der Waals surface area contributed by atoms with E-state index < -0.39 is 16.9 Å². The minimum Gasteiger partial charge on any atom is -1.00 e. The van der Waals surface area contributed by atoms with Crippen LogP contribution in [-0.2, 0) is 4.57 Å². The minimum atomic E-state index is -4.64. The van der Waals surface area contributed by atoms with Crippen molar-refractivity contribution in [1.82, 2.24) is 0 Å². The third-order valence-electron chi connectivity index (χ3n) is 0. The molecule has 8 nitrogen and oxygen atoms in total. The summed E-state index contributed by atoms with van der Waals surface area (Å²) < 4.78 is 8.88. The van der Waals surface area contributed by atoms with Crippen LogP contribution in [0.5, 0.6) is 0 Å². The Morgan fingerprint density at radius 2 is 0.917 bits per heavy atom. The predicted molar refractivity (Wildman–Crippen MR) is 44.8 cm³/mol. The summed E-state index contributed by atoms with van der Waals surface area (Å²) in [6.45, 7) is 0. The number of hydrogen-bond donors (Lipinski definition) is 7. The maximum Gasteiger partial charge on any atom is 2.00 e. The average molecular weight is 278 g/mol. The molecular weight excluding hydrogens is 267 g/mol. The van der Waals surface area contributed by atoms with Gasteiger partial charge in [0, 0.05) is 0 Å². The van der Waals surface area contributed by atoms with E-state index in [1.165, 1.54) is 0 Å². The number of rotatable bonds is 0. The molecule has 0 aliphatic carbocycles. The maximum atomic E-state index is 8.88. The Hall–Kier alpha value is 2.69. The van der Waals surface area contributed by atoms with Gasteiger partial charge in [0.1, 0.15) is 0 Å². The second-order valence-corrected chi connectivity index (χ2v) is 3.34. The van der Waals surface area contributed by atoms with Gasteiger partial charge in [0.05, 0.1) is 0 Å². The van der Waals surface area contributed by atoms with Gasteiger partial charge in [-0.05, 0) is 0 Å². The van der Waals surface area contributed by atoms with E-state index in [2.05, 4.69) is 0 Å². The van der Waals surface area contributed by atoms with E-state index >= 15 is 0 Å². The monoisotopic (exact) mass is 278 g/mol. The van der Waals surface area contributed by atoms with E-state index in [0.717, 1.165) is 0 Å². The van der Waals surface area contributed by atoms with E-state index in [1.54, 1.807) is 0 Å². The van der Waals surface area contributed by atoms with Gasteiger partial charge in [0.2, 0.25) is 0 Å². The summed E-state index contributed by atoms with van der Waals surface area (Å²) in [4.78, 5) is 50.9.